The molecule has 0 saturated carbocycles. The molecule has 0 aliphatic heterocycles. The van der Waals surface area contributed by atoms with Crippen LogP contribution in [0.15, 0.2) is 23.6 Å². The summed E-state index contributed by atoms with van der Waals surface area (Å²) in [6, 6.07) is 5.49. The number of nitrogens with zero attached hydrogens (tertiary/aromatic N) is 1. The first kappa shape index (κ1) is 13.2. The molecule has 18 heavy (non-hydrogen) atoms. The highest BCUT2D eigenvalue weighted by Gasteiger charge is 2.08. The maximum absolute atomic E-state index is 13.5. The number of aromatic nitrogens is 1. The fourth-order valence-corrected chi connectivity index (χ4v) is 2.44. The van der Waals surface area contributed by atoms with E-state index in [1.807, 2.05) is 31.4 Å². The lowest BCUT2D eigenvalue weighted by Crippen LogP contribution is -2.18. The number of nitrogens with one attached hydrogen (secondary N) is 1. The quantitative estimate of drug-likeness (QED) is 0.909. The number of hydrogen-bond acceptors (Lipinski definition) is 3. The van der Waals surface area contributed by atoms with Crippen LogP contribution in [0.3, 0.4) is 0 Å². The molecule has 2 aromatic rings. The van der Waals surface area contributed by atoms with E-state index >= 15 is 0 Å². The largest absolute Gasteiger partial charge is 0.304 e. The van der Waals surface area contributed by atoms with Gasteiger partial charge in [-0.2, -0.15) is 0 Å². The summed E-state index contributed by atoms with van der Waals surface area (Å²) in [4.78, 5) is 4.39. The molecule has 0 fully saturated rings. The van der Waals surface area contributed by atoms with Crippen molar-refractivity contribution in [3.63, 3.8) is 0 Å². The third-order valence-electron chi connectivity index (χ3n) is 2.92. The van der Waals surface area contributed by atoms with E-state index in [0.29, 0.717) is 5.56 Å². The topological polar surface area (TPSA) is 24.9 Å². The lowest BCUT2D eigenvalue weighted by Gasteiger charge is -2.13. The van der Waals surface area contributed by atoms with Crippen LogP contribution < -0.4 is 5.32 Å². The van der Waals surface area contributed by atoms with E-state index in [1.54, 1.807) is 24.3 Å². The zero-order valence-electron chi connectivity index (χ0n) is 10.8. The number of halogens is 1. The summed E-state index contributed by atoms with van der Waals surface area (Å²) >= 11 is 1.64. The summed E-state index contributed by atoms with van der Waals surface area (Å²) in [5, 5.41) is 6.45. The molecule has 1 unspecified atom stereocenters. The minimum Gasteiger partial charge on any atom is -0.304 e. The number of hydrogen-bond donors (Lipinski definition) is 1. The van der Waals surface area contributed by atoms with Gasteiger partial charge in [0, 0.05) is 23.7 Å². The molecule has 0 spiro atoms. The van der Waals surface area contributed by atoms with Crippen LogP contribution in [0.4, 0.5) is 4.39 Å². The minimum absolute atomic E-state index is 0.115. The molecule has 1 aromatic carbocycles. The van der Waals surface area contributed by atoms with Crippen molar-refractivity contribution in [1.82, 2.24) is 10.3 Å². The van der Waals surface area contributed by atoms with Crippen molar-refractivity contribution in [1.29, 1.82) is 0 Å². The molecule has 2 rings (SSSR count). The number of benzene rings is 1. The fourth-order valence-electron chi connectivity index (χ4n) is 1.72. The zero-order valence-corrected chi connectivity index (χ0v) is 11.6. The molecule has 0 radical (unpaired) electrons. The highest BCUT2D eigenvalue weighted by molar-refractivity contribution is 7.09. The molecular weight excluding hydrogens is 247 g/mol. The molecule has 0 bridgehead atoms. The molecule has 0 amide bonds. The van der Waals surface area contributed by atoms with Crippen LogP contribution in [-0.2, 0) is 6.54 Å². The van der Waals surface area contributed by atoms with E-state index in [2.05, 4.69) is 10.3 Å². The van der Waals surface area contributed by atoms with Crippen molar-refractivity contribution < 1.29 is 4.39 Å². The molecule has 1 heterocycles. The molecule has 0 saturated heterocycles. The van der Waals surface area contributed by atoms with Gasteiger partial charge in [-0.25, -0.2) is 9.37 Å². The van der Waals surface area contributed by atoms with Crippen LogP contribution in [0.25, 0.3) is 0 Å². The van der Waals surface area contributed by atoms with Gasteiger partial charge in [-0.3, -0.25) is 0 Å². The van der Waals surface area contributed by atoms with Crippen molar-refractivity contribution in [3.05, 3.63) is 51.2 Å². The summed E-state index contributed by atoms with van der Waals surface area (Å²) in [7, 11) is 0. The highest BCUT2D eigenvalue weighted by Crippen LogP contribution is 2.17. The molecular formula is C14H17FN2S. The second kappa shape index (κ2) is 5.59. The van der Waals surface area contributed by atoms with Crippen molar-refractivity contribution in [2.24, 2.45) is 0 Å². The normalized spacial score (nSPS) is 12.7. The van der Waals surface area contributed by atoms with Crippen LogP contribution in [0.1, 0.15) is 34.8 Å². The highest BCUT2D eigenvalue weighted by atomic mass is 32.1. The van der Waals surface area contributed by atoms with Gasteiger partial charge in [0.25, 0.3) is 0 Å². The summed E-state index contributed by atoms with van der Waals surface area (Å²) in [5.41, 5.74) is 2.69. The Balaban J connectivity index is 1.99. The summed E-state index contributed by atoms with van der Waals surface area (Å²) in [6.07, 6.45) is 0. The SMILES string of the molecule is Cc1csc(CNC(C)c2ccc(C)c(F)c2)n1. The third-order valence-corrected chi connectivity index (χ3v) is 3.89. The molecule has 0 aliphatic rings. The molecule has 1 atom stereocenters. The Labute approximate surface area is 111 Å². The number of thiazole rings is 1. The average Bonchev–Trinajstić information content (AvgIpc) is 2.75. The van der Waals surface area contributed by atoms with Crippen LogP contribution in [-0.4, -0.2) is 4.98 Å². The van der Waals surface area contributed by atoms with Crippen molar-refractivity contribution in [2.75, 3.05) is 0 Å². The van der Waals surface area contributed by atoms with Gasteiger partial charge in [0.15, 0.2) is 0 Å². The molecule has 4 heteroatoms. The summed E-state index contributed by atoms with van der Waals surface area (Å²) in [5.74, 6) is -0.147. The standard InChI is InChI=1S/C14H17FN2S/c1-9-4-5-12(6-13(9)15)11(3)16-7-14-17-10(2)8-18-14/h4-6,8,11,16H,7H2,1-3H3. The first-order chi connectivity index (χ1) is 8.56. The Hall–Kier alpha value is -1.26. The van der Waals surface area contributed by atoms with Gasteiger partial charge in [0.2, 0.25) is 0 Å². The monoisotopic (exact) mass is 264 g/mol. The Bertz CT molecular complexity index is 536. The van der Waals surface area contributed by atoms with Gasteiger partial charge in [0.05, 0.1) is 0 Å². The van der Waals surface area contributed by atoms with Gasteiger partial charge in [0.1, 0.15) is 10.8 Å². The van der Waals surface area contributed by atoms with Gasteiger partial charge in [-0.05, 0) is 38.0 Å². The molecule has 96 valence electrons. The molecule has 2 nitrogen and oxygen atoms in total. The molecule has 1 aromatic heterocycles. The number of rotatable bonds is 4. The van der Waals surface area contributed by atoms with Crippen LogP contribution in [0, 0.1) is 19.7 Å². The minimum atomic E-state index is -0.147. The maximum atomic E-state index is 13.5. The fraction of sp³-hybridized carbons (Fsp3) is 0.357. The Morgan fingerprint density at radius 3 is 2.78 bits per heavy atom. The summed E-state index contributed by atoms with van der Waals surface area (Å²) in [6.45, 7) is 6.51. The van der Waals surface area contributed by atoms with Crippen LogP contribution in [0.5, 0.6) is 0 Å². The molecule has 0 aliphatic carbocycles. The van der Waals surface area contributed by atoms with Crippen LogP contribution in [0.2, 0.25) is 0 Å². The Morgan fingerprint density at radius 1 is 1.39 bits per heavy atom. The first-order valence-corrected chi connectivity index (χ1v) is 6.84. The lowest BCUT2D eigenvalue weighted by molar-refractivity contribution is 0.562. The van der Waals surface area contributed by atoms with Gasteiger partial charge in [-0.15, -0.1) is 11.3 Å². The Kier molecular flexibility index (Phi) is 4.09. The van der Waals surface area contributed by atoms with E-state index in [-0.39, 0.29) is 11.9 Å². The zero-order chi connectivity index (χ0) is 13.1. The van der Waals surface area contributed by atoms with Crippen molar-refractivity contribution in [3.8, 4) is 0 Å². The predicted molar refractivity (Wildman–Crippen MR) is 73.2 cm³/mol. The van der Waals surface area contributed by atoms with E-state index < -0.39 is 0 Å². The van der Waals surface area contributed by atoms with E-state index in [0.717, 1.165) is 22.8 Å². The Morgan fingerprint density at radius 2 is 2.17 bits per heavy atom. The first-order valence-electron chi connectivity index (χ1n) is 5.96. The van der Waals surface area contributed by atoms with E-state index in [4.69, 9.17) is 0 Å². The summed E-state index contributed by atoms with van der Waals surface area (Å²) < 4.78 is 13.5. The van der Waals surface area contributed by atoms with Crippen molar-refractivity contribution in [2.45, 2.75) is 33.4 Å². The van der Waals surface area contributed by atoms with E-state index in [1.165, 1.54) is 0 Å². The predicted octanol–water partition coefficient (Wildman–Crippen LogP) is 3.75. The second-order valence-corrected chi connectivity index (χ2v) is 5.44. The third kappa shape index (κ3) is 3.15. The van der Waals surface area contributed by atoms with Gasteiger partial charge < -0.3 is 5.32 Å². The smallest absolute Gasteiger partial charge is 0.126 e. The lowest BCUT2D eigenvalue weighted by atomic mass is 10.1. The van der Waals surface area contributed by atoms with E-state index in [9.17, 15) is 4.39 Å². The van der Waals surface area contributed by atoms with Crippen LogP contribution >= 0.6 is 11.3 Å². The number of aryl methyl sites for hydroxylation is 2. The van der Waals surface area contributed by atoms with Gasteiger partial charge >= 0.3 is 0 Å². The second-order valence-electron chi connectivity index (χ2n) is 4.49. The maximum Gasteiger partial charge on any atom is 0.126 e. The van der Waals surface area contributed by atoms with Gasteiger partial charge in [-0.1, -0.05) is 12.1 Å². The van der Waals surface area contributed by atoms with Crippen molar-refractivity contribution >= 4 is 11.3 Å². The average molecular weight is 264 g/mol. The molecule has 1 N–H and O–H groups in total.